The number of rotatable bonds is 5. The highest BCUT2D eigenvalue weighted by Crippen LogP contribution is 2.47. The molecule has 0 aromatic carbocycles. The zero-order valence-corrected chi connectivity index (χ0v) is 24.4. The number of carbonyl (C=O) groups excluding carboxylic acids is 4. The summed E-state index contributed by atoms with van der Waals surface area (Å²) in [4.78, 5) is 58.9. The largest absolute Gasteiger partial charge is 0.484 e. The van der Waals surface area contributed by atoms with Crippen LogP contribution in [0.25, 0.3) is 0 Å². The molecule has 10 heteroatoms. The summed E-state index contributed by atoms with van der Waals surface area (Å²) in [6.07, 6.45) is 5.45. The van der Waals surface area contributed by atoms with Crippen LogP contribution >= 0.6 is 0 Å². The standard InChI is InChI=1S/C29H42N2O8/c1-27(2,3)38-25(34)31(26(35)39-28(4,5)6)21(24(33)36-8)16-20-23(32)19-14-15-30-17-22(19)37-29(20,7)18-12-10-9-11-13-18/h14-15,17-18,20-21H,9-13,16H2,1-8H3. The fourth-order valence-electron chi connectivity index (χ4n) is 5.42. The minimum absolute atomic E-state index is 0.0170. The molecule has 0 spiro atoms. The molecule has 1 aliphatic carbocycles. The van der Waals surface area contributed by atoms with Gasteiger partial charge in [0.25, 0.3) is 0 Å². The minimum atomic E-state index is -1.50. The number of hydrogen-bond donors (Lipinski definition) is 0. The summed E-state index contributed by atoms with van der Waals surface area (Å²) in [6, 6.07) is 0.0844. The number of fused-ring (bicyclic) bond motifs is 1. The number of hydrogen-bond acceptors (Lipinski definition) is 9. The Kier molecular flexibility index (Phi) is 8.97. The van der Waals surface area contributed by atoms with Crippen molar-refractivity contribution in [3.05, 3.63) is 24.0 Å². The van der Waals surface area contributed by atoms with Crippen LogP contribution in [0.15, 0.2) is 18.5 Å². The van der Waals surface area contributed by atoms with Gasteiger partial charge in [-0.1, -0.05) is 19.3 Å². The Morgan fingerprint density at radius 3 is 2.13 bits per heavy atom. The van der Waals surface area contributed by atoms with E-state index in [1.54, 1.807) is 47.6 Å². The molecule has 2 heterocycles. The van der Waals surface area contributed by atoms with Crippen molar-refractivity contribution in [3.8, 4) is 5.75 Å². The molecule has 3 atom stereocenters. The summed E-state index contributed by atoms with van der Waals surface area (Å²) >= 11 is 0. The predicted molar refractivity (Wildman–Crippen MR) is 142 cm³/mol. The third kappa shape index (κ3) is 7.08. The van der Waals surface area contributed by atoms with Crippen molar-refractivity contribution in [2.45, 2.75) is 110 Å². The zero-order valence-electron chi connectivity index (χ0n) is 24.4. The van der Waals surface area contributed by atoms with E-state index >= 15 is 0 Å². The fraction of sp³-hybridized carbons (Fsp3) is 0.690. The van der Waals surface area contributed by atoms with Crippen molar-refractivity contribution < 1.29 is 38.1 Å². The van der Waals surface area contributed by atoms with Gasteiger partial charge in [-0.2, -0.15) is 4.90 Å². The summed E-state index contributed by atoms with van der Waals surface area (Å²) in [6.45, 7) is 11.8. The molecule has 3 rings (SSSR count). The highest BCUT2D eigenvalue weighted by atomic mass is 16.6. The first kappa shape index (κ1) is 30.4. The van der Waals surface area contributed by atoms with Crippen molar-refractivity contribution in [2.75, 3.05) is 7.11 Å². The number of ether oxygens (including phenoxy) is 4. The van der Waals surface area contributed by atoms with Crippen LogP contribution in [0.2, 0.25) is 0 Å². The average molecular weight is 547 g/mol. The van der Waals surface area contributed by atoms with E-state index in [-0.39, 0.29) is 18.1 Å². The quantitative estimate of drug-likeness (QED) is 0.337. The number of Topliss-reactive ketones (excluding diaryl/α,β-unsaturated/α-hetero) is 1. The molecule has 1 fully saturated rings. The number of ketones is 1. The smallest absolute Gasteiger partial charge is 0.420 e. The monoisotopic (exact) mass is 546 g/mol. The number of imide groups is 1. The molecule has 216 valence electrons. The molecule has 10 nitrogen and oxygen atoms in total. The van der Waals surface area contributed by atoms with Crippen molar-refractivity contribution in [1.29, 1.82) is 0 Å². The first-order valence-corrected chi connectivity index (χ1v) is 13.6. The Morgan fingerprint density at radius 1 is 1.05 bits per heavy atom. The van der Waals surface area contributed by atoms with Gasteiger partial charge in [-0.15, -0.1) is 0 Å². The van der Waals surface area contributed by atoms with Gasteiger partial charge in [0.15, 0.2) is 5.78 Å². The molecular weight excluding hydrogens is 504 g/mol. The van der Waals surface area contributed by atoms with E-state index < -0.39 is 46.9 Å². The van der Waals surface area contributed by atoms with Crippen molar-refractivity contribution in [3.63, 3.8) is 0 Å². The van der Waals surface area contributed by atoms with E-state index in [0.717, 1.165) is 39.2 Å². The Hall–Kier alpha value is -3.17. The van der Waals surface area contributed by atoms with E-state index in [1.165, 1.54) is 12.4 Å². The fourth-order valence-corrected chi connectivity index (χ4v) is 5.42. The molecule has 0 N–H and O–H groups in total. The van der Waals surface area contributed by atoms with Crippen LogP contribution in [0.5, 0.6) is 5.75 Å². The Balaban J connectivity index is 2.10. The highest BCUT2D eigenvalue weighted by molar-refractivity contribution is 6.02. The van der Waals surface area contributed by atoms with Crippen molar-refractivity contribution in [1.82, 2.24) is 9.88 Å². The molecule has 2 amide bonds. The maximum Gasteiger partial charge on any atom is 0.420 e. The summed E-state index contributed by atoms with van der Waals surface area (Å²) in [5.74, 6) is -1.58. The van der Waals surface area contributed by atoms with E-state index in [0.29, 0.717) is 16.2 Å². The van der Waals surface area contributed by atoms with Crippen LogP contribution in [0.1, 0.15) is 97.3 Å². The van der Waals surface area contributed by atoms with Gasteiger partial charge in [-0.3, -0.25) is 9.78 Å². The summed E-state index contributed by atoms with van der Waals surface area (Å²) in [7, 11) is 1.16. The Labute approximate surface area is 230 Å². The molecule has 0 bridgehead atoms. The second-order valence-electron chi connectivity index (χ2n) is 12.5. The van der Waals surface area contributed by atoms with Gasteiger partial charge < -0.3 is 18.9 Å². The summed E-state index contributed by atoms with van der Waals surface area (Å²) < 4.78 is 22.6. The molecule has 0 radical (unpaired) electrons. The number of amides is 2. The van der Waals surface area contributed by atoms with Gasteiger partial charge in [0.05, 0.1) is 24.8 Å². The second-order valence-corrected chi connectivity index (χ2v) is 12.5. The second kappa shape index (κ2) is 11.5. The maximum absolute atomic E-state index is 14.0. The molecule has 1 aromatic rings. The van der Waals surface area contributed by atoms with Crippen molar-refractivity contribution in [2.24, 2.45) is 11.8 Å². The highest BCUT2D eigenvalue weighted by Gasteiger charge is 2.54. The van der Waals surface area contributed by atoms with E-state index in [1.807, 2.05) is 6.92 Å². The number of methoxy groups -OCH3 is 1. The first-order valence-electron chi connectivity index (χ1n) is 13.6. The number of aromatic nitrogens is 1. The van der Waals surface area contributed by atoms with Gasteiger partial charge in [-0.05, 0) is 79.7 Å². The Bertz CT molecular complexity index is 1060. The van der Waals surface area contributed by atoms with Crippen LogP contribution in [0, 0.1) is 11.8 Å². The lowest BCUT2D eigenvalue weighted by Gasteiger charge is -2.48. The molecule has 1 saturated carbocycles. The third-order valence-corrected chi connectivity index (χ3v) is 7.23. The molecular formula is C29H42N2O8. The molecule has 1 aromatic heterocycles. The zero-order chi connectivity index (χ0) is 29.2. The van der Waals surface area contributed by atoms with Crippen molar-refractivity contribution >= 4 is 23.9 Å². The van der Waals surface area contributed by atoms with Crippen LogP contribution in [0.3, 0.4) is 0 Å². The molecule has 3 unspecified atom stereocenters. The average Bonchev–Trinajstić information content (AvgIpc) is 2.83. The van der Waals surface area contributed by atoms with Gasteiger partial charge in [-0.25, -0.2) is 14.4 Å². The SMILES string of the molecule is COC(=O)C(CC1C(=O)c2ccncc2OC1(C)C1CCCCC1)N(C(=O)OC(C)(C)C)C(=O)OC(C)(C)C. The van der Waals surface area contributed by atoms with Crippen LogP contribution in [0.4, 0.5) is 9.59 Å². The minimum Gasteiger partial charge on any atom is -0.484 e. The topological polar surface area (TPSA) is 121 Å². The molecule has 2 aliphatic rings. The van der Waals surface area contributed by atoms with Gasteiger partial charge in [0, 0.05) is 6.20 Å². The molecule has 1 aliphatic heterocycles. The maximum atomic E-state index is 14.0. The lowest BCUT2D eigenvalue weighted by Crippen LogP contribution is -2.58. The predicted octanol–water partition coefficient (Wildman–Crippen LogP) is 5.72. The first-order chi connectivity index (χ1) is 18.1. The van der Waals surface area contributed by atoms with Crippen LogP contribution < -0.4 is 4.74 Å². The van der Waals surface area contributed by atoms with Crippen LogP contribution in [-0.4, -0.2) is 63.8 Å². The lowest BCUT2D eigenvalue weighted by molar-refractivity contribution is -0.148. The Morgan fingerprint density at radius 2 is 1.62 bits per heavy atom. The number of nitrogens with zero attached hydrogens (tertiary/aromatic N) is 2. The van der Waals surface area contributed by atoms with Gasteiger partial charge in [0.1, 0.15) is 28.6 Å². The normalized spacial score (nSPS) is 22.7. The lowest BCUT2D eigenvalue weighted by atomic mass is 9.66. The van der Waals surface area contributed by atoms with E-state index in [2.05, 4.69) is 4.98 Å². The molecule has 0 saturated heterocycles. The van der Waals surface area contributed by atoms with Gasteiger partial charge >= 0.3 is 18.2 Å². The number of esters is 1. The van der Waals surface area contributed by atoms with Crippen LogP contribution in [-0.2, 0) is 19.0 Å². The van der Waals surface area contributed by atoms with E-state index in [9.17, 15) is 19.2 Å². The third-order valence-electron chi connectivity index (χ3n) is 7.23. The summed E-state index contributed by atoms with van der Waals surface area (Å²) in [5, 5.41) is 0. The number of pyridine rings is 1. The van der Waals surface area contributed by atoms with Gasteiger partial charge in [0.2, 0.25) is 0 Å². The molecule has 39 heavy (non-hydrogen) atoms. The van der Waals surface area contributed by atoms with E-state index in [4.69, 9.17) is 18.9 Å². The summed E-state index contributed by atoms with van der Waals surface area (Å²) in [5.41, 5.74) is -2.60. The number of carbonyl (C=O) groups is 4.